The van der Waals surface area contributed by atoms with E-state index in [9.17, 15) is 24.5 Å². The third-order valence-corrected chi connectivity index (χ3v) is 9.32. The predicted octanol–water partition coefficient (Wildman–Crippen LogP) is 8.80. The molecule has 0 saturated heterocycles. The van der Waals surface area contributed by atoms with Gasteiger partial charge in [-0.25, -0.2) is 4.57 Å². The van der Waals surface area contributed by atoms with Crippen LogP contribution in [0.15, 0.2) is 24.3 Å². The summed E-state index contributed by atoms with van der Waals surface area (Å²) in [6.07, 6.45) is 32.7. The van der Waals surface area contributed by atoms with Crippen molar-refractivity contribution in [1.29, 1.82) is 0 Å². The van der Waals surface area contributed by atoms with Crippen LogP contribution in [0.5, 0.6) is 0 Å². The molecule has 9 nitrogen and oxygen atoms in total. The van der Waals surface area contributed by atoms with Gasteiger partial charge in [0.25, 0.3) is 0 Å². The summed E-state index contributed by atoms with van der Waals surface area (Å²) in [6.45, 7) is 3.90. The minimum atomic E-state index is -4.39. The Hall–Kier alpha value is -1.06. The van der Waals surface area contributed by atoms with Gasteiger partial charge in [-0.1, -0.05) is 154 Å². The molecule has 0 saturated carbocycles. The van der Waals surface area contributed by atoms with Crippen LogP contribution in [-0.4, -0.2) is 59.0 Å². The Bertz CT molecular complexity index is 812. The van der Waals surface area contributed by atoms with E-state index in [1.54, 1.807) is 6.08 Å². The molecule has 278 valence electrons. The Morgan fingerprint density at radius 3 is 1.77 bits per heavy atom. The number of hydrogen-bond donors (Lipinski definition) is 5. The van der Waals surface area contributed by atoms with Gasteiger partial charge in [-0.05, 0) is 32.1 Å². The molecule has 0 fully saturated rings. The van der Waals surface area contributed by atoms with Gasteiger partial charge in [-0.15, -0.1) is 0 Å². The first-order valence-electron chi connectivity index (χ1n) is 19.0. The average Bonchev–Trinajstić information content (AvgIpc) is 3.04. The van der Waals surface area contributed by atoms with Crippen LogP contribution in [0.4, 0.5) is 0 Å². The maximum atomic E-state index is 12.7. The summed E-state index contributed by atoms with van der Waals surface area (Å²) in [7, 11) is -4.39. The van der Waals surface area contributed by atoms with Crippen molar-refractivity contribution in [3.8, 4) is 0 Å². The van der Waals surface area contributed by atoms with E-state index in [1.807, 2.05) is 6.08 Å². The van der Waals surface area contributed by atoms with Crippen molar-refractivity contribution in [3.05, 3.63) is 24.3 Å². The highest BCUT2D eigenvalue weighted by Crippen LogP contribution is 2.43. The molecule has 0 heterocycles. The first-order valence-corrected chi connectivity index (χ1v) is 20.5. The SMILES string of the molecule is CCCCCC/C=C/CC/C=C/C(O)C(COP(=O)(O)OCCN)NC(=O)CC(O)CCCCCCCCCCCCCCCCC. The lowest BCUT2D eigenvalue weighted by Gasteiger charge is -2.24. The lowest BCUT2D eigenvalue weighted by molar-refractivity contribution is -0.124. The topological polar surface area (TPSA) is 151 Å². The normalized spacial score (nSPS) is 15.3. The third-order valence-electron chi connectivity index (χ3n) is 8.33. The predicted molar refractivity (Wildman–Crippen MR) is 195 cm³/mol. The van der Waals surface area contributed by atoms with Crippen molar-refractivity contribution in [2.75, 3.05) is 19.8 Å². The van der Waals surface area contributed by atoms with Gasteiger partial charge < -0.3 is 26.2 Å². The number of amides is 1. The van der Waals surface area contributed by atoms with Gasteiger partial charge in [-0.2, -0.15) is 0 Å². The number of phosphoric acid groups is 1. The van der Waals surface area contributed by atoms with E-state index >= 15 is 0 Å². The van der Waals surface area contributed by atoms with Gasteiger partial charge in [0.15, 0.2) is 0 Å². The molecule has 0 aliphatic carbocycles. The molecule has 4 atom stereocenters. The van der Waals surface area contributed by atoms with Gasteiger partial charge in [0.05, 0.1) is 37.9 Å². The molecule has 47 heavy (non-hydrogen) atoms. The van der Waals surface area contributed by atoms with Crippen molar-refractivity contribution >= 4 is 13.7 Å². The highest BCUT2D eigenvalue weighted by Gasteiger charge is 2.27. The fraction of sp³-hybridized carbons (Fsp3) is 0.865. The van der Waals surface area contributed by atoms with E-state index in [0.29, 0.717) is 12.8 Å². The number of aliphatic hydroxyl groups excluding tert-OH is 2. The quantitative estimate of drug-likeness (QED) is 0.0252. The summed E-state index contributed by atoms with van der Waals surface area (Å²) in [5.74, 6) is -0.457. The number of unbranched alkanes of at least 4 members (excludes halogenated alkanes) is 19. The fourth-order valence-corrected chi connectivity index (χ4v) is 6.19. The second kappa shape index (κ2) is 33.4. The molecule has 1 amide bonds. The molecule has 0 aromatic rings. The van der Waals surface area contributed by atoms with E-state index in [0.717, 1.165) is 32.1 Å². The highest BCUT2D eigenvalue weighted by molar-refractivity contribution is 7.47. The Balaban J connectivity index is 4.39. The van der Waals surface area contributed by atoms with Crippen molar-refractivity contribution in [1.82, 2.24) is 5.32 Å². The summed E-state index contributed by atoms with van der Waals surface area (Å²) >= 11 is 0. The lowest BCUT2D eigenvalue weighted by Crippen LogP contribution is -2.46. The summed E-state index contributed by atoms with van der Waals surface area (Å²) in [6, 6.07) is -0.993. The van der Waals surface area contributed by atoms with Gasteiger partial charge in [0.1, 0.15) is 0 Å². The maximum Gasteiger partial charge on any atom is 0.472 e. The zero-order valence-corrected chi connectivity index (χ0v) is 31.0. The highest BCUT2D eigenvalue weighted by atomic mass is 31.2. The number of rotatable bonds is 35. The molecular weight excluding hydrogens is 615 g/mol. The summed E-state index contributed by atoms with van der Waals surface area (Å²) in [5, 5.41) is 23.9. The number of allylic oxidation sites excluding steroid dienone is 3. The van der Waals surface area contributed by atoms with Crippen LogP contribution < -0.4 is 11.1 Å². The number of phosphoric ester groups is 1. The molecule has 0 rings (SSSR count). The van der Waals surface area contributed by atoms with Crippen molar-refractivity contribution in [2.24, 2.45) is 5.73 Å². The molecule has 0 bridgehead atoms. The van der Waals surface area contributed by atoms with Gasteiger partial charge in [0, 0.05) is 6.54 Å². The molecule has 4 unspecified atom stereocenters. The number of carbonyl (C=O) groups excluding carboxylic acids is 1. The molecule has 0 aromatic carbocycles. The molecule has 0 radical (unpaired) electrons. The van der Waals surface area contributed by atoms with Crippen LogP contribution in [0.25, 0.3) is 0 Å². The molecule has 0 aliphatic heterocycles. The van der Waals surface area contributed by atoms with Crippen LogP contribution in [0.2, 0.25) is 0 Å². The second-order valence-electron chi connectivity index (χ2n) is 13.0. The summed E-state index contributed by atoms with van der Waals surface area (Å²) in [4.78, 5) is 22.6. The van der Waals surface area contributed by atoms with Crippen molar-refractivity contribution in [3.63, 3.8) is 0 Å². The van der Waals surface area contributed by atoms with Crippen LogP contribution in [0, 0.1) is 0 Å². The standard InChI is InChI=1S/C37H73N2O7P/c1-3-5-7-9-11-13-15-16-17-18-19-20-22-24-26-28-34(40)32-37(42)39-35(33-46-47(43,44)45-31-30-38)36(41)29-27-25-23-21-14-12-10-8-6-4-2/h14,21,27,29,34-36,40-41H,3-13,15-20,22-26,28,30-33,38H2,1-2H3,(H,39,42)(H,43,44)/b21-14+,29-27+. The first-order chi connectivity index (χ1) is 22.8. The third kappa shape index (κ3) is 31.9. The Morgan fingerprint density at radius 2 is 1.21 bits per heavy atom. The van der Waals surface area contributed by atoms with E-state index in [-0.39, 0.29) is 19.6 Å². The molecule has 0 spiro atoms. The fourth-order valence-electron chi connectivity index (χ4n) is 5.43. The van der Waals surface area contributed by atoms with Crippen LogP contribution in [-0.2, 0) is 18.4 Å². The number of nitrogens with one attached hydrogen (secondary N) is 1. The van der Waals surface area contributed by atoms with Crippen LogP contribution >= 0.6 is 7.82 Å². The summed E-state index contributed by atoms with van der Waals surface area (Å²) in [5.41, 5.74) is 5.33. The van der Waals surface area contributed by atoms with Gasteiger partial charge >= 0.3 is 7.82 Å². The molecule has 10 heteroatoms. The van der Waals surface area contributed by atoms with Gasteiger partial charge in [-0.3, -0.25) is 13.8 Å². The largest absolute Gasteiger partial charge is 0.472 e. The van der Waals surface area contributed by atoms with E-state index in [4.69, 9.17) is 14.8 Å². The van der Waals surface area contributed by atoms with E-state index in [2.05, 4.69) is 31.3 Å². The maximum absolute atomic E-state index is 12.7. The van der Waals surface area contributed by atoms with Crippen LogP contribution in [0.1, 0.15) is 168 Å². The lowest BCUT2D eigenvalue weighted by atomic mass is 10.0. The van der Waals surface area contributed by atoms with Crippen molar-refractivity contribution < 1.29 is 33.5 Å². The second-order valence-corrected chi connectivity index (χ2v) is 14.4. The van der Waals surface area contributed by atoms with Crippen molar-refractivity contribution in [2.45, 2.75) is 186 Å². The minimum Gasteiger partial charge on any atom is -0.393 e. The number of carbonyl (C=O) groups is 1. The molecule has 6 N–H and O–H groups in total. The van der Waals surface area contributed by atoms with Crippen LogP contribution in [0.3, 0.4) is 0 Å². The van der Waals surface area contributed by atoms with E-state index < -0.39 is 38.6 Å². The number of hydrogen-bond acceptors (Lipinski definition) is 7. The number of nitrogens with two attached hydrogens (primary N) is 1. The Kier molecular flexibility index (Phi) is 32.7. The monoisotopic (exact) mass is 689 g/mol. The zero-order valence-electron chi connectivity index (χ0n) is 30.1. The smallest absolute Gasteiger partial charge is 0.393 e. The Morgan fingerprint density at radius 1 is 0.723 bits per heavy atom. The number of aliphatic hydroxyl groups is 2. The molecule has 0 aliphatic rings. The van der Waals surface area contributed by atoms with E-state index in [1.165, 1.54) is 103 Å². The zero-order chi connectivity index (χ0) is 34.9. The molecular formula is C37H73N2O7P. The first kappa shape index (κ1) is 45.9. The Labute approximate surface area is 288 Å². The molecule has 0 aromatic heterocycles. The summed E-state index contributed by atoms with van der Waals surface area (Å²) < 4.78 is 21.9. The van der Waals surface area contributed by atoms with Gasteiger partial charge in [0.2, 0.25) is 5.91 Å². The average molecular weight is 689 g/mol. The minimum absolute atomic E-state index is 0.0455.